The molecule has 0 spiro atoms. The Labute approximate surface area is 193 Å². The number of nitrogens with zero attached hydrogens (tertiary/aromatic N) is 2. The van der Waals surface area contributed by atoms with E-state index in [1.54, 1.807) is 32.4 Å². The summed E-state index contributed by atoms with van der Waals surface area (Å²) in [6, 6.07) is 22.6. The number of carbonyl (C=O) groups is 2. The first-order chi connectivity index (χ1) is 16.0. The van der Waals surface area contributed by atoms with Gasteiger partial charge in [-0.1, -0.05) is 48.5 Å². The van der Waals surface area contributed by atoms with E-state index in [9.17, 15) is 9.59 Å². The summed E-state index contributed by atoms with van der Waals surface area (Å²) in [5.41, 5.74) is 3.89. The van der Waals surface area contributed by atoms with Crippen molar-refractivity contribution in [3.63, 3.8) is 0 Å². The summed E-state index contributed by atoms with van der Waals surface area (Å²) >= 11 is 0. The van der Waals surface area contributed by atoms with Gasteiger partial charge in [0.15, 0.2) is 11.5 Å². The molecule has 4 rings (SSSR count). The fraction of sp³-hybridized carbons (Fsp3) is 0.222. The summed E-state index contributed by atoms with van der Waals surface area (Å²) in [5, 5.41) is 0. The summed E-state index contributed by atoms with van der Waals surface area (Å²) in [7, 11) is 3.12. The van der Waals surface area contributed by atoms with Crippen molar-refractivity contribution < 1.29 is 19.1 Å². The number of hydrogen-bond acceptors (Lipinski definition) is 5. The third kappa shape index (κ3) is 4.51. The quantitative estimate of drug-likeness (QED) is 0.391. The molecule has 1 aliphatic heterocycles. The number of anilines is 1. The Balaban J connectivity index is 1.75. The molecule has 1 atom stereocenters. The van der Waals surface area contributed by atoms with E-state index in [-0.39, 0.29) is 18.2 Å². The predicted molar refractivity (Wildman–Crippen MR) is 128 cm³/mol. The van der Waals surface area contributed by atoms with E-state index >= 15 is 0 Å². The van der Waals surface area contributed by atoms with E-state index in [2.05, 4.69) is 0 Å². The molecule has 1 heterocycles. The fourth-order valence-electron chi connectivity index (χ4n) is 4.10. The van der Waals surface area contributed by atoms with Crippen LogP contribution in [0, 0.1) is 0 Å². The van der Waals surface area contributed by atoms with Crippen LogP contribution >= 0.6 is 0 Å². The molecule has 0 bridgehead atoms. The maximum Gasteiger partial charge on any atom is 0.241 e. The van der Waals surface area contributed by atoms with Crippen LogP contribution in [0.2, 0.25) is 0 Å². The van der Waals surface area contributed by atoms with Gasteiger partial charge in [-0.25, -0.2) is 0 Å². The van der Waals surface area contributed by atoms with E-state index in [4.69, 9.17) is 14.5 Å². The lowest BCUT2D eigenvalue weighted by atomic mass is 9.90. The minimum Gasteiger partial charge on any atom is -0.493 e. The van der Waals surface area contributed by atoms with Crippen molar-refractivity contribution in [1.82, 2.24) is 0 Å². The van der Waals surface area contributed by atoms with Gasteiger partial charge in [0.1, 0.15) is 0 Å². The average Bonchev–Trinajstić information content (AvgIpc) is 3.16. The Morgan fingerprint density at radius 2 is 1.55 bits per heavy atom. The minimum atomic E-state index is -0.630. The highest BCUT2D eigenvalue weighted by atomic mass is 16.5. The molecule has 1 aliphatic rings. The molecule has 6 heteroatoms. The van der Waals surface area contributed by atoms with Crippen molar-refractivity contribution in [3.8, 4) is 11.5 Å². The van der Waals surface area contributed by atoms with Crippen molar-refractivity contribution in [2.45, 2.75) is 25.8 Å². The maximum absolute atomic E-state index is 13.4. The molecular weight excluding hydrogens is 416 g/mol. The zero-order valence-electron chi connectivity index (χ0n) is 18.9. The Morgan fingerprint density at radius 1 is 0.939 bits per heavy atom. The van der Waals surface area contributed by atoms with E-state index < -0.39 is 5.92 Å². The number of aliphatic imine (C=N–C) groups is 1. The van der Waals surface area contributed by atoms with Crippen molar-refractivity contribution >= 4 is 23.2 Å². The molecule has 0 N–H and O–H groups in total. The first-order valence-electron chi connectivity index (χ1n) is 10.8. The zero-order chi connectivity index (χ0) is 23.4. The van der Waals surface area contributed by atoms with E-state index in [1.807, 2.05) is 61.5 Å². The number of ether oxygens (including phenoxy) is 2. The van der Waals surface area contributed by atoms with Crippen LogP contribution in [0.25, 0.3) is 0 Å². The van der Waals surface area contributed by atoms with Crippen molar-refractivity contribution in [3.05, 3.63) is 89.5 Å². The third-order valence-corrected chi connectivity index (χ3v) is 5.82. The molecule has 3 aromatic carbocycles. The van der Waals surface area contributed by atoms with Crippen LogP contribution in [0.5, 0.6) is 11.5 Å². The molecule has 0 aromatic heterocycles. The van der Waals surface area contributed by atoms with Gasteiger partial charge in [-0.05, 0) is 42.3 Å². The molecule has 1 saturated heterocycles. The topological polar surface area (TPSA) is 68.2 Å². The smallest absolute Gasteiger partial charge is 0.241 e. The highest BCUT2D eigenvalue weighted by Gasteiger charge is 2.41. The number of amides is 2. The second kappa shape index (κ2) is 9.69. The highest BCUT2D eigenvalue weighted by Crippen LogP contribution is 2.40. The van der Waals surface area contributed by atoms with Gasteiger partial charge in [-0.15, -0.1) is 0 Å². The van der Waals surface area contributed by atoms with E-state index in [1.165, 1.54) is 4.90 Å². The molecule has 0 aliphatic carbocycles. The standard InChI is InChI=1S/C27H26N2O4/c1-18(28-17-19-10-6-4-7-11-19)21-14-24(32-2)25(33-3)15-22(21)23-16-26(30)29(27(23)31)20-12-8-5-9-13-20/h4-15,23H,16-17H2,1-3H3. The normalized spacial score (nSPS) is 16.3. The van der Waals surface area contributed by atoms with Crippen molar-refractivity contribution in [2.24, 2.45) is 4.99 Å². The first kappa shape index (κ1) is 22.3. The number of hydrogen-bond donors (Lipinski definition) is 0. The number of methoxy groups -OCH3 is 2. The molecule has 0 radical (unpaired) electrons. The summed E-state index contributed by atoms with van der Waals surface area (Å²) < 4.78 is 11.0. The molecule has 3 aromatic rings. The first-order valence-corrected chi connectivity index (χ1v) is 10.8. The Kier molecular flexibility index (Phi) is 6.54. The molecule has 33 heavy (non-hydrogen) atoms. The Hall–Kier alpha value is -3.93. The summed E-state index contributed by atoms with van der Waals surface area (Å²) in [5.74, 6) is -0.0616. The van der Waals surface area contributed by atoms with Gasteiger partial charge in [-0.2, -0.15) is 0 Å². The van der Waals surface area contributed by atoms with Crippen LogP contribution in [0.1, 0.15) is 36.0 Å². The molecule has 168 valence electrons. The number of benzene rings is 3. The molecule has 6 nitrogen and oxygen atoms in total. The van der Waals surface area contributed by atoms with Crippen LogP contribution in [-0.2, 0) is 16.1 Å². The van der Waals surface area contributed by atoms with Gasteiger partial charge < -0.3 is 9.47 Å². The van der Waals surface area contributed by atoms with Crippen LogP contribution in [0.15, 0.2) is 77.8 Å². The van der Waals surface area contributed by atoms with Crippen LogP contribution in [0.3, 0.4) is 0 Å². The summed E-state index contributed by atoms with van der Waals surface area (Å²) in [6.07, 6.45) is 0.0855. The van der Waals surface area contributed by atoms with Gasteiger partial charge in [-0.3, -0.25) is 19.5 Å². The average molecular weight is 443 g/mol. The highest BCUT2D eigenvalue weighted by molar-refractivity contribution is 6.23. The van der Waals surface area contributed by atoms with E-state index in [0.717, 1.165) is 16.8 Å². The SMILES string of the molecule is COc1cc(C(C)=NCc2ccccc2)c(C2CC(=O)N(c3ccccc3)C2=O)cc1OC. The molecule has 1 unspecified atom stereocenters. The monoisotopic (exact) mass is 442 g/mol. The van der Waals surface area contributed by atoms with Gasteiger partial charge in [0.2, 0.25) is 11.8 Å². The number of rotatable bonds is 7. The molecule has 1 fully saturated rings. The molecule has 2 amide bonds. The van der Waals surface area contributed by atoms with Crippen LogP contribution in [0.4, 0.5) is 5.69 Å². The lowest BCUT2D eigenvalue weighted by Gasteiger charge is -2.19. The maximum atomic E-state index is 13.4. The number of para-hydroxylation sites is 1. The largest absolute Gasteiger partial charge is 0.493 e. The van der Waals surface area contributed by atoms with Gasteiger partial charge in [0.05, 0.1) is 32.4 Å². The summed E-state index contributed by atoms with van der Waals surface area (Å²) in [6.45, 7) is 2.41. The third-order valence-electron chi connectivity index (χ3n) is 5.82. The molecule has 0 saturated carbocycles. The van der Waals surface area contributed by atoms with Gasteiger partial charge in [0, 0.05) is 17.7 Å². The second-order valence-corrected chi connectivity index (χ2v) is 7.84. The van der Waals surface area contributed by atoms with E-state index in [0.29, 0.717) is 29.3 Å². The van der Waals surface area contributed by atoms with Gasteiger partial charge >= 0.3 is 0 Å². The zero-order valence-corrected chi connectivity index (χ0v) is 18.9. The predicted octanol–water partition coefficient (Wildman–Crippen LogP) is 4.76. The fourth-order valence-corrected chi connectivity index (χ4v) is 4.10. The van der Waals surface area contributed by atoms with Gasteiger partial charge in [0.25, 0.3) is 0 Å². The lowest BCUT2D eigenvalue weighted by molar-refractivity contribution is -0.121. The second-order valence-electron chi connectivity index (χ2n) is 7.84. The summed E-state index contributed by atoms with van der Waals surface area (Å²) in [4.78, 5) is 32.3. The van der Waals surface area contributed by atoms with Crippen LogP contribution < -0.4 is 14.4 Å². The number of carbonyl (C=O) groups excluding carboxylic acids is 2. The van der Waals surface area contributed by atoms with Crippen molar-refractivity contribution in [1.29, 1.82) is 0 Å². The Morgan fingerprint density at radius 3 is 2.18 bits per heavy atom. The number of imide groups is 1. The van der Waals surface area contributed by atoms with Crippen LogP contribution in [-0.4, -0.2) is 31.7 Å². The van der Waals surface area contributed by atoms with Crippen molar-refractivity contribution in [2.75, 3.05) is 19.1 Å². The molecular formula is C27H26N2O4. The minimum absolute atomic E-state index is 0.0855. The lowest BCUT2D eigenvalue weighted by Crippen LogP contribution is -2.30. The Bertz CT molecular complexity index is 1190.